The van der Waals surface area contributed by atoms with Crippen LogP contribution >= 0.6 is 0 Å². The third-order valence-corrected chi connectivity index (χ3v) is 6.74. The average molecular weight is 506 g/mol. The van der Waals surface area contributed by atoms with Crippen LogP contribution < -0.4 is 21.0 Å². The molecule has 2 aliphatic rings. The highest BCUT2D eigenvalue weighted by molar-refractivity contribution is 5.81. The van der Waals surface area contributed by atoms with E-state index in [0.29, 0.717) is 5.69 Å². The molecule has 194 valence electrons. The molecular formula is C26H31N7O4. The Labute approximate surface area is 214 Å². The number of carboxylic acid groups (broad SMARTS) is 1. The van der Waals surface area contributed by atoms with Crippen LogP contribution in [0.3, 0.4) is 0 Å². The summed E-state index contributed by atoms with van der Waals surface area (Å²) >= 11 is 0. The lowest BCUT2D eigenvalue weighted by molar-refractivity contribution is -0.139. The average Bonchev–Trinajstić information content (AvgIpc) is 3.52. The number of carbonyl (C=O) groups excluding carboxylic acids is 1. The van der Waals surface area contributed by atoms with Gasteiger partial charge in [0.1, 0.15) is 12.6 Å². The zero-order valence-corrected chi connectivity index (χ0v) is 20.5. The minimum atomic E-state index is -1.19. The fourth-order valence-corrected chi connectivity index (χ4v) is 4.87. The molecule has 1 aliphatic carbocycles. The normalized spacial score (nSPS) is 16.6. The molecule has 1 aromatic heterocycles. The first kappa shape index (κ1) is 24.7. The van der Waals surface area contributed by atoms with Crippen molar-refractivity contribution in [1.82, 2.24) is 31.1 Å². The molecule has 2 heterocycles. The Morgan fingerprint density at radius 2 is 1.62 bits per heavy atom. The summed E-state index contributed by atoms with van der Waals surface area (Å²) in [6, 6.07) is 14.9. The van der Waals surface area contributed by atoms with Crippen LogP contribution in [0.1, 0.15) is 22.7 Å². The highest BCUT2D eigenvalue weighted by atomic mass is 16.5. The molecule has 11 nitrogen and oxygen atoms in total. The van der Waals surface area contributed by atoms with Gasteiger partial charge in [0.15, 0.2) is 0 Å². The van der Waals surface area contributed by atoms with Crippen molar-refractivity contribution in [3.05, 3.63) is 71.5 Å². The number of benzene rings is 2. The van der Waals surface area contributed by atoms with Crippen molar-refractivity contribution in [2.75, 3.05) is 50.9 Å². The van der Waals surface area contributed by atoms with E-state index in [2.05, 4.69) is 38.4 Å². The molecule has 0 saturated carbocycles. The van der Waals surface area contributed by atoms with Crippen LogP contribution in [0.4, 0.5) is 4.79 Å². The SMILES string of the molecule is O=C(N[C@@H](Cc1cn(N2CCNCCNCC2)nn1)C(=O)O)OCC1c2ccccc2-c2ccccc21. The summed E-state index contributed by atoms with van der Waals surface area (Å²) in [7, 11) is 0. The summed E-state index contributed by atoms with van der Waals surface area (Å²) in [5.74, 6) is -1.27. The second kappa shape index (κ2) is 11.4. The lowest BCUT2D eigenvalue weighted by Gasteiger charge is -2.22. The Morgan fingerprint density at radius 3 is 2.24 bits per heavy atom. The molecule has 11 heteroatoms. The molecule has 4 N–H and O–H groups in total. The van der Waals surface area contributed by atoms with Gasteiger partial charge in [-0.25, -0.2) is 9.59 Å². The molecule has 0 spiro atoms. The molecule has 0 radical (unpaired) electrons. The minimum Gasteiger partial charge on any atom is -0.480 e. The zero-order chi connectivity index (χ0) is 25.6. The van der Waals surface area contributed by atoms with Gasteiger partial charge in [0, 0.05) is 51.6 Å². The van der Waals surface area contributed by atoms with Crippen molar-refractivity contribution in [2.45, 2.75) is 18.4 Å². The van der Waals surface area contributed by atoms with Crippen molar-refractivity contribution >= 4 is 12.1 Å². The Morgan fingerprint density at radius 1 is 1.00 bits per heavy atom. The van der Waals surface area contributed by atoms with Gasteiger partial charge in [-0.2, -0.15) is 4.79 Å². The topological polar surface area (TPSA) is 134 Å². The number of alkyl carbamates (subject to hydrolysis) is 1. The number of rotatable bonds is 7. The summed E-state index contributed by atoms with van der Waals surface area (Å²) in [4.78, 5) is 26.2. The van der Waals surface area contributed by atoms with Crippen molar-refractivity contribution in [3.8, 4) is 11.1 Å². The number of nitrogens with one attached hydrogen (secondary N) is 3. The molecular weight excluding hydrogens is 474 g/mol. The molecule has 2 aromatic carbocycles. The van der Waals surface area contributed by atoms with Crippen LogP contribution in [-0.2, 0) is 16.0 Å². The van der Waals surface area contributed by atoms with Crippen molar-refractivity contribution in [2.24, 2.45) is 0 Å². The maximum atomic E-state index is 12.6. The maximum Gasteiger partial charge on any atom is 0.407 e. The number of carbonyl (C=O) groups is 2. The van der Waals surface area contributed by atoms with Crippen LogP contribution in [-0.4, -0.2) is 84.2 Å². The Kier molecular flexibility index (Phi) is 7.62. The first-order valence-corrected chi connectivity index (χ1v) is 12.5. The van der Waals surface area contributed by atoms with E-state index in [1.54, 1.807) is 11.0 Å². The molecule has 1 fully saturated rings. The molecule has 1 aliphatic heterocycles. The second-order valence-corrected chi connectivity index (χ2v) is 9.15. The van der Waals surface area contributed by atoms with Gasteiger partial charge < -0.3 is 25.8 Å². The van der Waals surface area contributed by atoms with Gasteiger partial charge in [0.25, 0.3) is 0 Å². The van der Waals surface area contributed by atoms with E-state index in [4.69, 9.17) is 4.74 Å². The van der Waals surface area contributed by atoms with E-state index >= 15 is 0 Å². The predicted molar refractivity (Wildman–Crippen MR) is 137 cm³/mol. The van der Waals surface area contributed by atoms with E-state index in [9.17, 15) is 14.7 Å². The van der Waals surface area contributed by atoms with Crippen LogP contribution in [0, 0.1) is 0 Å². The number of aromatic nitrogens is 3. The molecule has 37 heavy (non-hydrogen) atoms. The Bertz CT molecular complexity index is 1190. The summed E-state index contributed by atoms with van der Waals surface area (Å²) < 4.78 is 5.52. The number of ether oxygens (including phenoxy) is 1. The first-order valence-electron chi connectivity index (χ1n) is 12.5. The van der Waals surface area contributed by atoms with Crippen molar-refractivity contribution < 1.29 is 19.4 Å². The van der Waals surface area contributed by atoms with Gasteiger partial charge in [-0.15, -0.1) is 5.10 Å². The minimum absolute atomic E-state index is 0.0101. The van der Waals surface area contributed by atoms with Gasteiger partial charge >= 0.3 is 12.1 Å². The largest absolute Gasteiger partial charge is 0.480 e. The molecule has 3 aromatic rings. The monoisotopic (exact) mass is 505 g/mol. The molecule has 0 bridgehead atoms. The standard InChI is InChI=1S/C26H31N7O4/c34-25(35)24(15-18-16-33(31-30-18)32-13-11-27-9-10-28-12-14-32)29-26(36)37-17-23-21-7-3-1-5-19(21)20-6-2-4-8-22(20)23/h1-8,16,23-24,27-28H,9-15,17H2,(H,29,36)(H,34,35)/t24-/m0/s1. The van der Waals surface area contributed by atoms with Crippen LogP contribution in [0.2, 0.25) is 0 Å². The predicted octanol–water partition coefficient (Wildman–Crippen LogP) is 0.943. The van der Waals surface area contributed by atoms with Gasteiger partial charge in [-0.1, -0.05) is 48.5 Å². The zero-order valence-electron chi connectivity index (χ0n) is 20.5. The highest BCUT2D eigenvalue weighted by Crippen LogP contribution is 2.44. The number of nitrogens with zero attached hydrogens (tertiary/aromatic N) is 4. The van der Waals surface area contributed by atoms with E-state index < -0.39 is 18.1 Å². The van der Waals surface area contributed by atoms with Gasteiger partial charge in [-0.05, 0) is 27.5 Å². The lowest BCUT2D eigenvalue weighted by Crippen LogP contribution is -2.43. The van der Waals surface area contributed by atoms with Gasteiger partial charge in [-0.3, -0.25) is 5.01 Å². The molecule has 1 amide bonds. The first-order chi connectivity index (χ1) is 18.1. The molecule has 5 rings (SSSR count). The summed E-state index contributed by atoms with van der Waals surface area (Å²) in [6.45, 7) is 5.00. The number of fused-ring (bicyclic) bond motifs is 3. The number of aliphatic carboxylic acids is 1. The third kappa shape index (κ3) is 5.73. The second-order valence-electron chi connectivity index (χ2n) is 9.15. The number of amides is 1. The van der Waals surface area contributed by atoms with Crippen LogP contribution in [0.5, 0.6) is 0 Å². The summed E-state index contributed by atoms with van der Waals surface area (Å²) in [5.41, 5.74) is 4.90. The van der Waals surface area contributed by atoms with E-state index in [-0.39, 0.29) is 18.9 Å². The summed E-state index contributed by atoms with van der Waals surface area (Å²) in [6.07, 6.45) is 0.913. The maximum absolute atomic E-state index is 12.6. The van der Waals surface area contributed by atoms with Crippen molar-refractivity contribution in [3.63, 3.8) is 0 Å². The lowest BCUT2D eigenvalue weighted by atomic mass is 9.98. The van der Waals surface area contributed by atoms with Gasteiger partial charge in [0.05, 0.1) is 11.9 Å². The highest BCUT2D eigenvalue weighted by Gasteiger charge is 2.30. The number of hydrogen-bond donors (Lipinski definition) is 4. The van der Waals surface area contributed by atoms with Crippen molar-refractivity contribution in [1.29, 1.82) is 0 Å². The van der Waals surface area contributed by atoms with Gasteiger partial charge in [0.2, 0.25) is 0 Å². The van der Waals surface area contributed by atoms with Crippen LogP contribution in [0.15, 0.2) is 54.7 Å². The summed E-state index contributed by atoms with van der Waals surface area (Å²) in [5, 5.41) is 29.2. The smallest absolute Gasteiger partial charge is 0.407 e. The van der Waals surface area contributed by atoms with E-state index in [1.165, 1.54) is 0 Å². The molecule has 0 unspecified atom stereocenters. The number of carboxylic acids is 1. The van der Waals surface area contributed by atoms with E-state index in [1.807, 2.05) is 41.4 Å². The van der Waals surface area contributed by atoms with E-state index in [0.717, 1.165) is 61.5 Å². The number of hydrogen-bond acceptors (Lipinski definition) is 8. The Hall–Kier alpha value is -3.96. The molecule has 1 atom stereocenters. The Balaban J connectivity index is 1.19. The third-order valence-electron chi connectivity index (χ3n) is 6.74. The fraction of sp³-hybridized carbons (Fsp3) is 0.385. The van der Waals surface area contributed by atoms with Crippen LogP contribution in [0.25, 0.3) is 11.1 Å². The quantitative estimate of drug-likeness (QED) is 0.370. The fourth-order valence-electron chi connectivity index (χ4n) is 4.87. The molecule has 1 saturated heterocycles.